The number of imidazole rings is 1. The summed E-state index contributed by atoms with van der Waals surface area (Å²) in [6.45, 7) is 15.9. The number of rotatable bonds is 6. The summed E-state index contributed by atoms with van der Waals surface area (Å²) in [4.78, 5) is 51.4. The van der Waals surface area contributed by atoms with Gasteiger partial charge in [-0.25, -0.2) is 9.97 Å². The average Bonchev–Trinajstić information content (AvgIpc) is 3.76. The fourth-order valence-electron chi connectivity index (χ4n) is 5.37. The van der Waals surface area contributed by atoms with Crippen LogP contribution in [0.4, 0.5) is 0 Å². The van der Waals surface area contributed by atoms with Gasteiger partial charge in [0.1, 0.15) is 29.1 Å². The van der Waals surface area contributed by atoms with Gasteiger partial charge in [0.15, 0.2) is 0 Å². The van der Waals surface area contributed by atoms with E-state index in [1.807, 2.05) is 56.7 Å². The second-order valence-corrected chi connectivity index (χ2v) is 12.3. The van der Waals surface area contributed by atoms with Gasteiger partial charge >= 0.3 is 0 Å². The molecule has 1 N–H and O–H groups in total. The number of hydrogen-bond acceptors (Lipinski definition) is 5. The van der Waals surface area contributed by atoms with Crippen LogP contribution in [0.15, 0.2) is 41.3 Å². The second-order valence-electron chi connectivity index (χ2n) is 12.3. The van der Waals surface area contributed by atoms with Crippen LogP contribution in [0.3, 0.4) is 0 Å². The Bertz CT molecular complexity index is 1670. The number of likely N-dealkylation sites (tertiary alicyclic amines) is 1. The molecule has 1 saturated heterocycles. The number of aromatic nitrogens is 4. The first-order valence-corrected chi connectivity index (χ1v) is 15.5. The van der Waals surface area contributed by atoms with Crippen molar-refractivity contribution in [1.29, 1.82) is 0 Å². The van der Waals surface area contributed by atoms with Crippen molar-refractivity contribution in [3.05, 3.63) is 69.4 Å². The van der Waals surface area contributed by atoms with Crippen LogP contribution in [0.2, 0.25) is 0 Å². The minimum Gasteiger partial charge on any atom is -0.348 e. The van der Waals surface area contributed by atoms with Gasteiger partial charge in [0, 0.05) is 38.0 Å². The van der Waals surface area contributed by atoms with Crippen molar-refractivity contribution >= 4 is 33.9 Å². The van der Waals surface area contributed by atoms with Crippen molar-refractivity contribution in [1.82, 2.24) is 29.3 Å². The van der Waals surface area contributed by atoms with E-state index in [-0.39, 0.29) is 30.0 Å². The van der Waals surface area contributed by atoms with Crippen LogP contribution in [-0.4, -0.2) is 48.9 Å². The van der Waals surface area contributed by atoms with Gasteiger partial charge in [-0.2, -0.15) is 0 Å². The van der Waals surface area contributed by atoms with Crippen LogP contribution in [0.1, 0.15) is 94.0 Å². The maximum atomic E-state index is 13.7. The van der Waals surface area contributed by atoms with Crippen LogP contribution in [0, 0.1) is 12.3 Å². The fraction of sp³-hybridized carbons (Fsp3) is 0.500. The highest BCUT2D eigenvalue weighted by atomic mass is 16.2. The second kappa shape index (κ2) is 13.1. The van der Waals surface area contributed by atoms with E-state index < -0.39 is 11.5 Å². The summed E-state index contributed by atoms with van der Waals surface area (Å²) in [5.41, 5.74) is 3.48. The molecule has 0 atom stereocenters. The number of hydrogen-bond donors (Lipinski definition) is 1. The Labute approximate surface area is 254 Å². The summed E-state index contributed by atoms with van der Waals surface area (Å²) in [7, 11) is 1.97. The van der Waals surface area contributed by atoms with Crippen molar-refractivity contribution in [2.45, 2.75) is 86.7 Å². The zero-order valence-electron chi connectivity index (χ0n) is 27.0. The molecule has 4 aromatic rings. The molecule has 1 saturated carbocycles. The molecule has 230 valence electrons. The largest absolute Gasteiger partial charge is 0.348 e. The maximum Gasteiger partial charge on any atom is 0.265 e. The Morgan fingerprint density at radius 1 is 1.07 bits per heavy atom. The van der Waals surface area contributed by atoms with Gasteiger partial charge in [-0.3, -0.25) is 19.0 Å². The van der Waals surface area contributed by atoms with Crippen LogP contribution in [0.5, 0.6) is 0 Å². The molecular formula is C34H46N6O3. The van der Waals surface area contributed by atoms with Gasteiger partial charge in [0.2, 0.25) is 5.91 Å². The lowest BCUT2D eigenvalue weighted by atomic mass is 9.84. The highest BCUT2D eigenvalue weighted by molar-refractivity contribution is 6.05. The van der Waals surface area contributed by atoms with E-state index in [4.69, 9.17) is 4.98 Å². The molecule has 2 fully saturated rings. The molecule has 0 radical (unpaired) electrons. The van der Waals surface area contributed by atoms with Crippen molar-refractivity contribution < 1.29 is 9.59 Å². The smallest absolute Gasteiger partial charge is 0.265 e. The van der Waals surface area contributed by atoms with E-state index in [0.717, 1.165) is 35.3 Å². The summed E-state index contributed by atoms with van der Waals surface area (Å²) < 4.78 is 3.38. The SMILES string of the molecule is CC.CCC.Cc1ccc(CNC(=O)c2cc3c4nc(C5CC5)n(C)c4cnc3n(CC(=O)N3CC(C)(C)C3)c2=O)cc1. The first-order chi connectivity index (χ1) is 20.5. The van der Waals surface area contributed by atoms with E-state index >= 15 is 0 Å². The number of nitrogens with zero attached hydrogens (tertiary/aromatic N) is 5. The van der Waals surface area contributed by atoms with Crippen molar-refractivity contribution in [2.75, 3.05) is 13.1 Å². The average molecular weight is 587 g/mol. The Morgan fingerprint density at radius 2 is 1.70 bits per heavy atom. The normalized spacial score (nSPS) is 15.2. The fourth-order valence-corrected chi connectivity index (χ4v) is 5.37. The van der Waals surface area contributed by atoms with Gasteiger partial charge in [0.25, 0.3) is 11.5 Å². The number of benzene rings is 1. The highest BCUT2D eigenvalue weighted by Gasteiger charge is 2.37. The molecule has 1 aliphatic heterocycles. The minimum atomic E-state index is -0.530. The predicted octanol–water partition coefficient (Wildman–Crippen LogP) is 5.71. The lowest BCUT2D eigenvalue weighted by molar-refractivity contribution is -0.142. The molecule has 3 aromatic heterocycles. The van der Waals surface area contributed by atoms with Gasteiger partial charge in [-0.15, -0.1) is 0 Å². The van der Waals surface area contributed by atoms with Gasteiger partial charge in [0.05, 0.1) is 11.7 Å². The number of fused-ring (bicyclic) bond motifs is 3. The Kier molecular flexibility index (Phi) is 9.72. The van der Waals surface area contributed by atoms with E-state index in [0.29, 0.717) is 35.6 Å². The van der Waals surface area contributed by atoms with Crippen molar-refractivity contribution in [3.8, 4) is 0 Å². The summed E-state index contributed by atoms with van der Waals surface area (Å²) in [6, 6.07) is 9.45. The zero-order chi connectivity index (χ0) is 31.5. The predicted molar refractivity (Wildman–Crippen MR) is 172 cm³/mol. The molecule has 2 amide bonds. The van der Waals surface area contributed by atoms with Crippen molar-refractivity contribution in [2.24, 2.45) is 12.5 Å². The lowest BCUT2D eigenvalue weighted by Crippen LogP contribution is -2.56. The lowest BCUT2D eigenvalue weighted by Gasteiger charge is -2.45. The summed E-state index contributed by atoms with van der Waals surface area (Å²) in [5, 5.41) is 3.47. The molecular weight excluding hydrogens is 540 g/mol. The quantitative estimate of drug-likeness (QED) is 0.312. The molecule has 6 rings (SSSR count). The molecule has 9 heteroatoms. The topological polar surface area (TPSA) is 102 Å². The summed E-state index contributed by atoms with van der Waals surface area (Å²) in [6.07, 6.45) is 5.15. The van der Waals surface area contributed by atoms with Crippen LogP contribution < -0.4 is 10.9 Å². The van der Waals surface area contributed by atoms with Gasteiger partial charge < -0.3 is 14.8 Å². The molecule has 4 heterocycles. The van der Waals surface area contributed by atoms with Crippen LogP contribution in [-0.2, 0) is 24.9 Å². The van der Waals surface area contributed by atoms with E-state index in [9.17, 15) is 14.4 Å². The number of amides is 2. The first kappa shape index (κ1) is 31.9. The first-order valence-electron chi connectivity index (χ1n) is 15.5. The Balaban J connectivity index is 0.000000798. The third-order valence-electron chi connectivity index (χ3n) is 7.64. The summed E-state index contributed by atoms with van der Waals surface area (Å²) in [5.74, 6) is 0.754. The molecule has 1 aromatic carbocycles. The van der Waals surface area contributed by atoms with Crippen LogP contribution >= 0.6 is 0 Å². The standard InChI is InChI=1S/C29H32N6O3.C3H8.C2H6/c1-17-5-7-18(8-6-17)12-31-27(37)21-11-20-24-22(33(4)25(32-24)19-9-10-19)13-30-26(20)35(28(21)38)14-23(36)34-15-29(2,3)16-34;1-3-2;1-2/h5-8,11,13,19H,9-10,12,14-16H2,1-4H3,(H,31,37);3H2,1-2H3;1-2H3. The van der Waals surface area contributed by atoms with Gasteiger partial charge in [-0.05, 0) is 36.8 Å². The molecule has 0 bridgehead atoms. The monoisotopic (exact) mass is 586 g/mol. The molecule has 2 aliphatic rings. The number of carbonyl (C=O) groups is 2. The number of pyridine rings is 2. The number of aryl methyl sites for hydroxylation is 2. The van der Waals surface area contributed by atoms with E-state index in [2.05, 4.69) is 38.0 Å². The zero-order valence-corrected chi connectivity index (χ0v) is 27.0. The summed E-state index contributed by atoms with van der Waals surface area (Å²) >= 11 is 0. The minimum absolute atomic E-state index is 0.0192. The maximum absolute atomic E-state index is 13.7. The van der Waals surface area contributed by atoms with Crippen LogP contribution in [0.25, 0.3) is 22.1 Å². The van der Waals surface area contributed by atoms with Crippen molar-refractivity contribution in [3.63, 3.8) is 0 Å². The van der Waals surface area contributed by atoms with Gasteiger partial charge in [-0.1, -0.05) is 77.8 Å². The van der Waals surface area contributed by atoms with E-state index in [1.54, 1.807) is 17.2 Å². The molecule has 0 unspecified atom stereocenters. The Hall–Kier alpha value is -4.01. The highest BCUT2D eigenvalue weighted by Crippen LogP contribution is 2.41. The molecule has 0 spiro atoms. The molecule has 1 aliphatic carbocycles. The molecule has 43 heavy (non-hydrogen) atoms. The molecule has 9 nitrogen and oxygen atoms in total. The third-order valence-corrected chi connectivity index (χ3v) is 7.64. The van der Waals surface area contributed by atoms with E-state index in [1.165, 1.54) is 11.0 Å². The third kappa shape index (κ3) is 6.81. The number of carbonyl (C=O) groups excluding carboxylic acids is 2. The number of nitrogens with one attached hydrogen (secondary N) is 1. The Morgan fingerprint density at radius 3 is 2.28 bits per heavy atom.